The molecule has 3 rings (SSSR count). The van der Waals surface area contributed by atoms with Crippen molar-refractivity contribution in [2.75, 3.05) is 0 Å². The average molecular weight is 346 g/mol. The van der Waals surface area contributed by atoms with Crippen LogP contribution in [0.5, 0.6) is 0 Å². The molecule has 0 saturated heterocycles. The van der Waals surface area contributed by atoms with E-state index in [4.69, 9.17) is 11.6 Å². The Morgan fingerprint density at radius 1 is 1.29 bits per heavy atom. The summed E-state index contributed by atoms with van der Waals surface area (Å²) in [6.45, 7) is 5.54. The summed E-state index contributed by atoms with van der Waals surface area (Å²) in [6, 6.07) is 2.43. The van der Waals surface area contributed by atoms with E-state index in [0.29, 0.717) is 28.8 Å². The first-order valence-electron chi connectivity index (χ1n) is 7.95. The topological polar surface area (TPSA) is 12.4 Å². The summed E-state index contributed by atoms with van der Waals surface area (Å²) in [5.74, 6) is -1.21. The molecule has 0 unspecified atom stereocenters. The van der Waals surface area contributed by atoms with Gasteiger partial charge in [-0.3, -0.25) is 0 Å². The van der Waals surface area contributed by atoms with Gasteiger partial charge >= 0.3 is 0 Å². The van der Waals surface area contributed by atoms with Crippen LogP contribution in [0.2, 0.25) is 0 Å². The Morgan fingerprint density at radius 3 is 2.62 bits per heavy atom. The summed E-state index contributed by atoms with van der Waals surface area (Å²) in [5, 5.41) is 0.502. The molecule has 124 valence electrons. The fourth-order valence-corrected chi connectivity index (χ4v) is 2.93. The first-order chi connectivity index (χ1) is 11.5. The molecular weight excluding hydrogens is 328 g/mol. The Hall–Kier alpha value is -2.00. The second-order valence-corrected chi connectivity index (χ2v) is 6.48. The van der Waals surface area contributed by atoms with E-state index >= 15 is 0 Å². The predicted molar refractivity (Wildman–Crippen MR) is 95.9 cm³/mol. The van der Waals surface area contributed by atoms with Gasteiger partial charge < -0.3 is 0 Å². The van der Waals surface area contributed by atoms with Gasteiger partial charge in [-0.05, 0) is 61.5 Å². The molecule has 0 spiro atoms. The van der Waals surface area contributed by atoms with Gasteiger partial charge in [-0.25, -0.2) is 13.8 Å². The van der Waals surface area contributed by atoms with Gasteiger partial charge in [-0.1, -0.05) is 35.9 Å². The van der Waals surface area contributed by atoms with Crippen LogP contribution in [-0.2, 0) is 6.42 Å². The molecule has 0 atom stereocenters. The second kappa shape index (κ2) is 6.86. The number of fused-ring (bicyclic) bond motifs is 1. The van der Waals surface area contributed by atoms with Crippen molar-refractivity contribution in [1.29, 1.82) is 0 Å². The highest BCUT2D eigenvalue weighted by molar-refractivity contribution is 6.32. The summed E-state index contributed by atoms with van der Waals surface area (Å²) in [7, 11) is 0. The molecule has 0 radical (unpaired) electrons. The van der Waals surface area contributed by atoms with E-state index in [1.54, 1.807) is 12.2 Å². The predicted octanol–water partition coefficient (Wildman–Crippen LogP) is 6.18. The maximum Gasteiger partial charge on any atom is 0.160 e. The molecule has 1 aliphatic heterocycles. The third kappa shape index (κ3) is 3.57. The molecule has 4 heteroatoms. The third-order valence-electron chi connectivity index (χ3n) is 4.28. The maximum absolute atomic E-state index is 13.7. The van der Waals surface area contributed by atoms with Crippen LogP contribution in [0.1, 0.15) is 25.3 Å². The lowest BCUT2D eigenvalue weighted by atomic mass is 9.98. The van der Waals surface area contributed by atoms with E-state index in [9.17, 15) is 8.78 Å². The van der Waals surface area contributed by atoms with Gasteiger partial charge in [0, 0.05) is 11.1 Å². The fraction of sp³-hybridized carbons (Fsp3) is 0.250. The minimum absolute atomic E-state index is 0.471. The first kappa shape index (κ1) is 16.8. The first-order valence-corrected chi connectivity index (χ1v) is 8.33. The zero-order chi connectivity index (χ0) is 17.3. The van der Waals surface area contributed by atoms with Crippen LogP contribution >= 0.6 is 11.6 Å². The van der Waals surface area contributed by atoms with E-state index in [1.165, 1.54) is 17.7 Å². The monoisotopic (exact) mass is 345 g/mol. The highest BCUT2D eigenvalue weighted by atomic mass is 35.5. The SMILES string of the molecule is C=C/C(Cl)=C\C(=C/C)C1=Nc2cc(F)c(F)cc2CC(C2CC2)=C1. The Morgan fingerprint density at radius 2 is 2.00 bits per heavy atom. The molecule has 1 fully saturated rings. The van der Waals surface area contributed by atoms with Gasteiger partial charge in [0.15, 0.2) is 11.6 Å². The average Bonchev–Trinajstić information content (AvgIpc) is 3.39. The van der Waals surface area contributed by atoms with Crippen LogP contribution in [0.4, 0.5) is 14.5 Å². The molecule has 0 amide bonds. The molecule has 1 aromatic carbocycles. The number of benzene rings is 1. The van der Waals surface area contributed by atoms with Crippen molar-refractivity contribution in [1.82, 2.24) is 0 Å². The Kier molecular flexibility index (Phi) is 4.81. The van der Waals surface area contributed by atoms with Crippen LogP contribution in [0.3, 0.4) is 0 Å². The summed E-state index contributed by atoms with van der Waals surface area (Å²) in [4.78, 5) is 4.59. The van der Waals surface area contributed by atoms with E-state index in [2.05, 4.69) is 11.6 Å². The lowest BCUT2D eigenvalue weighted by Gasteiger charge is -2.06. The molecule has 2 aliphatic rings. The highest BCUT2D eigenvalue weighted by Gasteiger charge is 2.28. The van der Waals surface area contributed by atoms with Gasteiger partial charge in [-0.2, -0.15) is 0 Å². The number of aliphatic imine (C=N–C) groups is 1. The number of halogens is 3. The summed E-state index contributed by atoms with van der Waals surface area (Å²) < 4.78 is 27.3. The molecule has 1 heterocycles. The lowest BCUT2D eigenvalue weighted by molar-refractivity contribution is 0.507. The number of nitrogens with zero attached hydrogens (tertiary/aromatic N) is 1. The zero-order valence-corrected chi connectivity index (χ0v) is 14.2. The highest BCUT2D eigenvalue weighted by Crippen LogP contribution is 2.41. The van der Waals surface area contributed by atoms with Gasteiger partial charge in [0.25, 0.3) is 0 Å². The van der Waals surface area contributed by atoms with Gasteiger partial charge in [0.2, 0.25) is 0 Å². The summed E-state index contributed by atoms with van der Waals surface area (Å²) in [6.07, 6.45) is 10.1. The maximum atomic E-state index is 13.7. The van der Waals surface area contributed by atoms with Crippen LogP contribution < -0.4 is 0 Å². The summed E-state index contributed by atoms with van der Waals surface area (Å²) in [5.41, 5.74) is 3.94. The van der Waals surface area contributed by atoms with E-state index < -0.39 is 11.6 Å². The van der Waals surface area contributed by atoms with Gasteiger partial charge in [0.05, 0.1) is 11.4 Å². The molecule has 1 aliphatic carbocycles. The molecule has 1 nitrogen and oxygen atoms in total. The normalized spacial score (nSPS) is 18.5. The number of hydrogen-bond acceptors (Lipinski definition) is 1. The van der Waals surface area contributed by atoms with Crippen LogP contribution in [0.15, 0.2) is 64.2 Å². The van der Waals surface area contributed by atoms with E-state index in [-0.39, 0.29) is 0 Å². The van der Waals surface area contributed by atoms with Crippen molar-refractivity contribution in [2.45, 2.75) is 26.2 Å². The van der Waals surface area contributed by atoms with Crippen molar-refractivity contribution in [3.05, 3.63) is 76.4 Å². The van der Waals surface area contributed by atoms with Crippen molar-refractivity contribution in [3.63, 3.8) is 0 Å². The van der Waals surface area contributed by atoms with E-state index in [0.717, 1.165) is 24.0 Å². The molecule has 0 aromatic heterocycles. The standard InChI is InChI=1S/C20H18ClF2N/c1-3-12(8-16(21)4-2)19-10-14(13-5-6-13)7-15-9-17(22)18(23)11-20(15)24-19/h3-4,8-11,13H,2,5-7H2,1H3/b12-3+,16-8+. The number of hydrogen-bond donors (Lipinski definition) is 0. The zero-order valence-electron chi connectivity index (χ0n) is 13.5. The molecular formula is C20H18ClF2N. The quantitative estimate of drug-likeness (QED) is 0.577. The summed E-state index contributed by atoms with van der Waals surface area (Å²) >= 11 is 6.07. The Bertz CT molecular complexity index is 811. The van der Waals surface area contributed by atoms with E-state index in [1.807, 2.05) is 19.1 Å². The molecule has 0 N–H and O–H groups in total. The van der Waals surface area contributed by atoms with Crippen molar-refractivity contribution in [3.8, 4) is 0 Å². The van der Waals surface area contributed by atoms with Crippen molar-refractivity contribution < 1.29 is 8.78 Å². The minimum Gasteiger partial charge on any atom is -0.248 e. The van der Waals surface area contributed by atoms with Crippen LogP contribution in [0.25, 0.3) is 0 Å². The minimum atomic E-state index is -0.881. The number of allylic oxidation sites excluding steroid dienone is 7. The Balaban J connectivity index is 2.13. The molecule has 24 heavy (non-hydrogen) atoms. The lowest BCUT2D eigenvalue weighted by Crippen LogP contribution is -2.00. The molecule has 1 saturated carbocycles. The molecule has 0 bridgehead atoms. The third-order valence-corrected chi connectivity index (χ3v) is 4.54. The smallest absolute Gasteiger partial charge is 0.160 e. The number of rotatable bonds is 4. The largest absolute Gasteiger partial charge is 0.248 e. The van der Waals surface area contributed by atoms with Gasteiger partial charge in [0.1, 0.15) is 0 Å². The second-order valence-electron chi connectivity index (χ2n) is 6.04. The molecule has 1 aromatic rings. The van der Waals surface area contributed by atoms with Crippen LogP contribution in [-0.4, -0.2) is 5.71 Å². The Labute approximate surface area is 145 Å². The van der Waals surface area contributed by atoms with Crippen LogP contribution in [0, 0.1) is 17.6 Å². The van der Waals surface area contributed by atoms with Crippen molar-refractivity contribution >= 4 is 23.0 Å². The van der Waals surface area contributed by atoms with Gasteiger partial charge in [-0.15, -0.1) is 0 Å². The fourth-order valence-electron chi connectivity index (χ4n) is 2.81. The van der Waals surface area contributed by atoms with Crippen molar-refractivity contribution in [2.24, 2.45) is 10.9 Å².